The molecule has 0 amide bonds. The predicted molar refractivity (Wildman–Crippen MR) is 50.9 cm³/mol. The molecule has 1 atom stereocenters. The van der Waals surface area contributed by atoms with Crippen molar-refractivity contribution in [1.29, 1.82) is 0 Å². The molecule has 70 valence electrons. The highest BCUT2D eigenvalue weighted by Crippen LogP contribution is 2.32. The number of benzene rings is 1. The Kier molecular flexibility index (Phi) is 2.10. The number of hydrogen-bond donors (Lipinski definition) is 2. The van der Waals surface area contributed by atoms with Crippen LogP contribution in [0.2, 0.25) is 0 Å². The summed E-state index contributed by atoms with van der Waals surface area (Å²) in [6.45, 7) is 2.75. The maximum atomic E-state index is 9.05. The van der Waals surface area contributed by atoms with Crippen molar-refractivity contribution < 1.29 is 9.84 Å². The van der Waals surface area contributed by atoms with Gasteiger partial charge >= 0.3 is 0 Å². The first-order chi connectivity index (χ1) is 6.31. The van der Waals surface area contributed by atoms with Gasteiger partial charge in [-0.25, -0.2) is 0 Å². The van der Waals surface area contributed by atoms with E-state index in [0.29, 0.717) is 12.6 Å². The molecular weight excluding hydrogens is 166 g/mol. The molecule has 1 aliphatic heterocycles. The summed E-state index contributed by atoms with van der Waals surface area (Å²) in [7, 11) is 0. The van der Waals surface area contributed by atoms with Crippen molar-refractivity contribution in [3.8, 4) is 5.75 Å². The maximum Gasteiger partial charge on any atom is 0.148 e. The third-order valence-corrected chi connectivity index (χ3v) is 2.15. The highest BCUT2D eigenvalue weighted by Gasteiger charge is 2.17. The molecule has 1 aliphatic rings. The van der Waals surface area contributed by atoms with E-state index in [1.165, 1.54) is 0 Å². The summed E-state index contributed by atoms with van der Waals surface area (Å²) in [6, 6.07) is 6.08. The molecule has 1 aromatic rings. The van der Waals surface area contributed by atoms with Gasteiger partial charge in [0.1, 0.15) is 12.4 Å². The standard InChI is InChI=1S/C10H13NO2/c1-7-6-13-10-8(5-12)3-2-4-9(10)11-7/h2-4,7,11-12H,5-6H2,1H3. The normalized spacial score (nSPS) is 20.0. The van der Waals surface area contributed by atoms with Gasteiger partial charge in [-0.15, -0.1) is 0 Å². The lowest BCUT2D eigenvalue weighted by Gasteiger charge is -2.26. The number of nitrogens with one attached hydrogen (secondary N) is 1. The van der Waals surface area contributed by atoms with E-state index in [0.717, 1.165) is 17.0 Å². The molecule has 1 aromatic carbocycles. The monoisotopic (exact) mass is 179 g/mol. The second kappa shape index (κ2) is 3.26. The third kappa shape index (κ3) is 1.47. The first-order valence-corrected chi connectivity index (χ1v) is 4.43. The van der Waals surface area contributed by atoms with Crippen LogP contribution in [0.1, 0.15) is 12.5 Å². The molecule has 0 fully saturated rings. The SMILES string of the molecule is CC1COc2c(CO)cccc2N1. The van der Waals surface area contributed by atoms with E-state index in [9.17, 15) is 0 Å². The molecule has 2 N–H and O–H groups in total. The molecule has 13 heavy (non-hydrogen) atoms. The summed E-state index contributed by atoms with van der Waals surface area (Å²) < 4.78 is 5.54. The molecule has 0 aromatic heterocycles. The number of aliphatic hydroxyl groups excluding tert-OH is 1. The van der Waals surface area contributed by atoms with Crippen LogP contribution in [0.5, 0.6) is 5.75 Å². The highest BCUT2D eigenvalue weighted by molar-refractivity contribution is 5.61. The Bertz CT molecular complexity index is 312. The van der Waals surface area contributed by atoms with Crippen LogP contribution in [0.4, 0.5) is 5.69 Å². The minimum Gasteiger partial charge on any atom is -0.489 e. The molecular formula is C10H13NO2. The summed E-state index contributed by atoms with van der Waals surface area (Å²) in [6.07, 6.45) is 0. The number of rotatable bonds is 1. The van der Waals surface area contributed by atoms with E-state index < -0.39 is 0 Å². The molecule has 2 rings (SSSR count). The van der Waals surface area contributed by atoms with Crippen molar-refractivity contribution in [2.45, 2.75) is 19.6 Å². The van der Waals surface area contributed by atoms with Crippen LogP contribution in [-0.2, 0) is 6.61 Å². The van der Waals surface area contributed by atoms with Gasteiger partial charge in [-0.05, 0) is 13.0 Å². The van der Waals surface area contributed by atoms with Crippen molar-refractivity contribution in [2.75, 3.05) is 11.9 Å². The van der Waals surface area contributed by atoms with Crippen LogP contribution >= 0.6 is 0 Å². The van der Waals surface area contributed by atoms with E-state index in [4.69, 9.17) is 9.84 Å². The molecule has 3 heteroatoms. The second-order valence-electron chi connectivity index (χ2n) is 3.31. The number of fused-ring (bicyclic) bond motifs is 1. The largest absolute Gasteiger partial charge is 0.489 e. The van der Waals surface area contributed by atoms with Crippen LogP contribution in [0.15, 0.2) is 18.2 Å². The van der Waals surface area contributed by atoms with Crippen LogP contribution in [-0.4, -0.2) is 17.8 Å². The zero-order chi connectivity index (χ0) is 9.26. The topological polar surface area (TPSA) is 41.5 Å². The Morgan fingerprint density at radius 3 is 3.23 bits per heavy atom. The maximum absolute atomic E-state index is 9.05. The van der Waals surface area contributed by atoms with Crippen LogP contribution in [0.3, 0.4) is 0 Å². The first kappa shape index (κ1) is 8.38. The highest BCUT2D eigenvalue weighted by atomic mass is 16.5. The molecule has 0 saturated heterocycles. The summed E-state index contributed by atoms with van der Waals surface area (Å²) in [4.78, 5) is 0. The fourth-order valence-corrected chi connectivity index (χ4v) is 1.51. The quantitative estimate of drug-likeness (QED) is 0.684. The van der Waals surface area contributed by atoms with Crippen molar-refractivity contribution in [2.24, 2.45) is 0 Å². The zero-order valence-corrected chi connectivity index (χ0v) is 7.58. The van der Waals surface area contributed by atoms with Gasteiger partial charge in [0.15, 0.2) is 0 Å². The Hall–Kier alpha value is -1.22. The molecule has 1 heterocycles. The average molecular weight is 179 g/mol. The van der Waals surface area contributed by atoms with Crippen LogP contribution in [0.25, 0.3) is 0 Å². The van der Waals surface area contributed by atoms with Crippen LogP contribution < -0.4 is 10.1 Å². The summed E-state index contributed by atoms with van der Waals surface area (Å²) in [5.74, 6) is 0.795. The van der Waals surface area contributed by atoms with Gasteiger partial charge in [0.05, 0.1) is 18.3 Å². The molecule has 0 spiro atoms. The van der Waals surface area contributed by atoms with E-state index in [1.807, 2.05) is 18.2 Å². The molecule has 1 unspecified atom stereocenters. The lowest BCUT2D eigenvalue weighted by Crippen LogP contribution is -2.28. The Labute approximate surface area is 77.3 Å². The summed E-state index contributed by atoms with van der Waals surface area (Å²) >= 11 is 0. The van der Waals surface area contributed by atoms with Crippen molar-refractivity contribution >= 4 is 5.69 Å². The fourth-order valence-electron chi connectivity index (χ4n) is 1.51. The third-order valence-electron chi connectivity index (χ3n) is 2.15. The van der Waals surface area contributed by atoms with Crippen molar-refractivity contribution in [3.63, 3.8) is 0 Å². The number of para-hydroxylation sites is 1. The number of anilines is 1. The van der Waals surface area contributed by atoms with E-state index in [2.05, 4.69) is 12.2 Å². The summed E-state index contributed by atoms with van der Waals surface area (Å²) in [5.41, 5.74) is 1.82. The summed E-state index contributed by atoms with van der Waals surface area (Å²) in [5, 5.41) is 12.4. The molecule has 3 nitrogen and oxygen atoms in total. The average Bonchev–Trinajstić information content (AvgIpc) is 2.16. The molecule has 0 saturated carbocycles. The number of ether oxygens (including phenoxy) is 1. The molecule has 0 bridgehead atoms. The van der Waals surface area contributed by atoms with Gasteiger partial charge in [0.2, 0.25) is 0 Å². The van der Waals surface area contributed by atoms with E-state index in [-0.39, 0.29) is 6.61 Å². The van der Waals surface area contributed by atoms with E-state index >= 15 is 0 Å². The van der Waals surface area contributed by atoms with Gasteiger partial charge in [-0.1, -0.05) is 12.1 Å². The lowest BCUT2D eigenvalue weighted by atomic mass is 10.1. The Balaban J connectivity index is 2.39. The number of hydrogen-bond acceptors (Lipinski definition) is 3. The van der Waals surface area contributed by atoms with Gasteiger partial charge in [0, 0.05) is 5.56 Å². The minimum atomic E-state index is 0.0270. The second-order valence-corrected chi connectivity index (χ2v) is 3.31. The van der Waals surface area contributed by atoms with Gasteiger partial charge in [0.25, 0.3) is 0 Å². The van der Waals surface area contributed by atoms with Gasteiger partial charge < -0.3 is 15.2 Å². The first-order valence-electron chi connectivity index (χ1n) is 4.43. The smallest absolute Gasteiger partial charge is 0.148 e. The van der Waals surface area contributed by atoms with Crippen LogP contribution in [0, 0.1) is 0 Å². The Morgan fingerprint density at radius 1 is 1.62 bits per heavy atom. The van der Waals surface area contributed by atoms with Crippen molar-refractivity contribution in [1.82, 2.24) is 0 Å². The zero-order valence-electron chi connectivity index (χ0n) is 7.58. The van der Waals surface area contributed by atoms with Crippen molar-refractivity contribution in [3.05, 3.63) is 23.8 Å². The molecule has 0 aliphatic carbocycles. The van der Waals surface area contributed by atoms with Gasteiger partial charge in [-0.2, -0.15) is 0 Å². The predicted octanol–water partition coefficient (Wildman–Crippen LogP) is 1.37. The fraction of sp³-hybridized carbons (Fsp3) is 0.400. The minimum absolute atomic E-state index is 0.0270. The Morgan fingerprint density at radius 2 is 2.46 bits per heavy atom. The van der Waals surface area contributed by atoms with E-state index in [1.54, 1.807) is 0 Å². The lowest BCUT2D eigenvalue weighted by molar-refractivity contribution is 0.254. The van der Waals surface area contributed by atoms with Gasteiger partial charge in [-0.3, -0.25) is 0 Å². The number of aliphatic hydroxyl groups is 1. The molecule has 0 radical (unpaired) electrons.